The minimum atomic E-state index is -1.35. The second kappa shape index (κ2) is 10.3. The first-order valence-corrected chi connectivity index (χ1v) is 9.90. The minimum absolute atomic E-state index is 0.0765. The zero-order valence-electron chi connectivity index (χ0n) is 16.1. The summed E-state index contributed by atoms with van der Waals surface area (Å²) in [5, 5.41) is 25.5. The van der Waals surface area contributed by atoms with Crippen molar-refractivity contribution < 1.29 is 24.2 Å². The molecule has 2 saturated carbocycles. The fraction of sp³-hybridized carbons (Fsp3) is 0.273. The normalized spacial score (nSPS) is 15.0. The van der Waals surface area contributed by atoms with Gasteiger partial charge in [0, 0.05) is 18.8 Å². The molecule has 0 aliphatic heterocycles. The predicted molar refractivity (Wildman–Crippen MR) is 113 cm³/mol. The van der Waals surface area contributed by atoms with Gasteiger partial charge < -0.3 is 15.1 Å². The van der Waals surface area contributed by atoms with E-state index in [9.17, 15) is 14.0 Å². The van der Waals surface area contributed by atoms with Gasteiger partial charge in [-0.25, -0.2) is 20.6 Å². The van der Waals surface area contributed by atoms with Crippen molar-refractivity contribution in [3.8, 4) is 6.07 Å². The summed E-state index contributed by atoms with van der Waals surface area (Å²) >= 11 is 11.2. The highest BCUT2D eigenvalue weighted by Gasteiger charge is 2.54. The van der Waals surface area contributed by atoms with Crippen LogP contribution in [0.1, 0.15) is 52.0 Å². The van der Waals surface area contributed by atoms with Crippen LogP contribution in [0.4, 0.5) is 4.39 Å². The van der Waals surface area contributed by atoms with Crippen molar-refractivity contribution in [2.45, 2.75) is 31.2 Å². The first-order chi connectivity index (χ1) is 14.7. The van der Waals surface area contributed by atoms with Gasteiger partial charge in [0.1, 0.15) is 11.4 Å². The first-order valence-electron chi connectivity index (χ1n) is 9.14. The number of rotatable bonds is 3. The van der Waals surface area contributed by atoms with Crippen molar-refractivity contribution in [1.29, 1.82) is 5.26 Å². The molecule has 2 fully saturated rings. The molecule has 160 valence electrons. The van der Waals surface area contributed by atoms with E-state index in [-0.39, 0.29) is 15.6 Å². The topological polar surface area (TPSA) is 103 Å². The molecule has 4 rings (SSSR count). The van der Waals surface area contributed by atoms with Crippen molar-refractivity contribution >= 4 is 35.1 Å². The average Bonchev–Trinajstić information content (AvgIpc) is 3.63. The fourth-order valence-electron chi connectivity index (χ4n) is 2.60. The van der Waals surface area contributed by atoms with Crippen molar-refractivity contribution in [3.05, 3.63) is 80.4 Å². The minimum Gasteiger partial charge on any atom is -0.478 e. The molecule has 2 aromatic rings. The molecule has 31 heavy (non-hydrogen) atoms. The molecule has 0 spiro atoms. The summed E-state index contributed by atoms with van der Waals surface area (Å²) in [6.45, 7) is 7.10. The number of halogens is 3. The number of nitriles is 1. The molecule has 0 amide bonds. The molecule has 9 heteroatoms. The van der Waals surface area contributed by atoms with Gasteiger partial charge in [-0.2, -0.15) is 5.26 Å². The van der Waals surface area contributed by atoms with Gasteiger partial charge in [-0.15, -0.1) is 0 Å². The van der Waals surface area contributed by atoms with E-state index in [0.29, 0.717) is 11.5 Å². The lowest BCUT2D eigenvalue weighted by molar-refractivity contribution is 0.0682. The van der Waals surface area contributed by atoms with Crippen molar-refractivity contribution in [2.24, 2.45) is 5.92 Å². The molecule has 2 aliphatic rings. The van der Waals surface area contributed by atoms with E-state index in [2.05, 4.69) is 10.9 Å². The summed E-state index contributed by atoms with van der Waals surface area (Å²) in [7, 11) is 0. The third kappa shape index (κ3) is 6.18. The standard InChI is InChI=1S/C11H8ClNO2.C7H4ClFO2.C4H5N/c1-13-11(5-6-11)7-3-2-4-8(12)9(7)10(14)15;8-4-2-1-3-5(9)6(4)7(10)11;5-3-4-1-2-4/h2-4H,5-6H2,(H,14,15);1-3H,(H,10,11);4H,1-2H2. The molecule has 0 bridgehead atoms. The molecule has 2 aromatic carbocycles. The molecule has 2 aliphatic carbocycles. The van der Waals surface area contributed by atoms with Crippen LogP contribution < -0.4 is 0 Å². The number of aromatic carboxylic acids is 2. The number of benzene rings is 2. The zero-order chi connectivity index (χ0) is 23.2. The Labute approximate surface area is 188 Å². The molecule has 0 aromatic heterocycles. The number of hydrogen-bond acceptors (Lipinski definition) is 3. The van der Waals surface area contributed by atoms with Crippen LogP contribution in [-0.2, 0) is 5.54 Å². The lowest BCUT2D eigenvalue weighted by atomic mass is 9.99. The predicted octanol–water partition coefficient (Wildman–Crippen LogP) is 6.04. The lowest BCUT2D eigenvalue weighted by Gasteiger charge is -2.08. The van der Waals surface area contributed by atoms with Crippen LogP contribution >= 0.6 is 23.2 Å². The maximum Gasteiger partial charge on any atom is 0.340 e. The fourth-order valence-corrected chi connectivity index (χ4v) is 3.10. The molecule has 6 nitrogen and oxygen atoms in total. The highest BCUT2D eigenvalue weighted by Crippen LogP contribution is 2.51. The summed E-state index contributed by atoms with van der Waals surface area (Å²) in [6.07, 6.45) is 3.74. The van der Waals surface area contributed by atoms with Crippen LogP contribution in [0.15, 0.2) is 36.4 Å². The van der Waals surface area contributed by atoms with E-state index < -0.39 is 28.9 Å². The van der Waals surface area contributed by atoms with E-state index in [1.807, 2.05) is 0 Å². The third-order valence-corrected chi connectivity index (χ3v) is 5.23. The Hall–Kier alpha value is -3.13. The summed E-state index contributed by atoms with van der Waals surface area (Å²) in [5.41, 5.74) is -0.474. The Bertz CT molecular complexity index is 1060. The maximum atomic E-state index is 12.6. The Balaban J connectivity index is 0.000000186. The Morgan fingerprint density at radius 1 is 1.06 bits per heavy atom. The van der Waals surface area contributed by atoms with Gasteiger partial charge >= 0.3 is 11.9 Å². The maximum absolute atomic E-state index is 12.6. The first kappa shape index (κ1) is 24.1. The largest absolute Gasteiger partial charge is 0.478 e. The SMILES string of the molecule is N#CC1CC1.O=C(O)c1c(F)cccc1Cl.[C-]#[N+]C1(c2cccc(Cl)c2C(=O)O)CC1. The van der Waals surface area contributed by atoms with Crippen LogP contribution in [0.2, 0.25) is 10.0 Å². The summed E-state index contributed by atoms with van der Waals surface area (Å²) in [4.78, 5) is 24.9. The van der Waals surface area contributed by atoms with E-state index in [1.165, 1.54) is 18.2 Å². The average molecular weight is 463 g/mol. The number of carboxylic acid groups (broad SMARTS) is 2. The van der Waals surface area contributed by atoms with Crippen molar-refractivity contribution in [1.82, 2.24) is 0 Å². The molecule has 0 radical (unpaired) electrons. The monoisotopic (exact) mass is 462 g/mol. The van der Waals surface area contributed by atoms with Gasteiger partial charge in [-0.3, -0.25) is 0 Å². The molecular formula is C22H17Cl2FN2O4. The van der Waals surface area contributed by atoms with Crippen LogP contribution in [-0.4, -0.2) is 22.2 Å². The number of hydrogen-bond donors (Lipinski definition) is 2. The molecule has 0 unspecified atom stereocenters. The van der Waals surface area contributed by atoms with Gasteiger partial charge in [0.05, 0.1) is 27.2 Å². The number of carboxylic acids is 2. The molecule has 0 saturated heterocycles. The van der Waals surface area contributed by atoms with Gasteiger partial charge in [0.25, 0.3) is 5.54 Å². The number of carbonyl (C=O) groups is 2. The highest BCUT2D eigenvalue weighted by molar-refractivity contribution is 6.34. The Morgan fingerprint density at radius 2 is 1.58 bits per heavy atom. The summed E-state index contributed by atoms with van der Waals surface area (Å²) in [6, 6.07) is 10.8. The molecule has 2 N–H and O–H groups in total. The van der Waals surface area contributed by atoms with Gasteiger partial charge in [0.2, 0.25) is 0 Å². The van der Waals surface area contributed by atoms with E-state index in [1.54, 1.807) is 12.1 Å². The van der Waals surface area contributed by atoms with E-state index in [4.69, 9.17) is 45.2 Å². The third-order valence-electron chi connectivity index (χ3n) is 4.60. The molecular weight excluding hydrogens is 446 g/mol. The van der Waals surface area contributed by atoms with E-state index >= 15 is 0 Å². The Morgan fingerprint density at radius 3 is 1.90 bits per heavy atom. The zero-order valence-corrected chi connectivity index (χ0v) is 17.6. The van der Waals surface area contributed by atoms with Gasteiger partial charge in [-0.1, -0.05) is 35.3 Å². The van der Waals surface area contributed by atoms with Crippen LogP contribution in [0, 0.1) is 29.6 Å². The highest BCUT2D eigenvalue weighted by atomic mass is 35.5. The number of nitrogens with zero attached hydrogens (tertiary/aromatic N) is 2. The van der Waals surface area contributed by atoms with Crippen molar-refractivity contribution in [3.63, 3.8) is 0 Å². The summed E-state index contributed by atoms with van der Waals surface area (Å²) in [5.74, 6) is -2.79. The van der Waals surface area contributed by atoms with Crippen LogP contribution in [0.3, 0.4) is 0 Å². The molecule has 0 heterocycles. The smallest absolute Gasteiger partial charge is 0.340 e. The molecule has 0 atom stereocenters. The lowest BCUT2D eigenvalue weighted by Crippen LogP contribution is -2.10. The van der Waals surface area contributed by atoms with Gasteiger partial charge in [-0.05, 0) is 37.1 Å². The van der Waals surface area contributed by atoms with Crippen molar-refractivity contribution in [2.75, 3.05) is 0 Å². The second-order valence-electron chi connectivity index (χ2n) is 6.92. The second-order valence-corrected chi connectivity index (χ2v) is 7.73. The quantitative estimate of drug-likeness (QED) is 0.540. The van der Waals surface area contributed by atoms with Crippen LogP contribution in [0.25, 0.3) is 4.85 Å². The van der Waals surface area contributed by atoms with Crippen LogP contribution in [0.5, 0.6) is 0 Å². The Kier molecular flexibility index (Phi) is 7.99. The summed E-state index contributed by atoms with van der Waals surface area (Å²) < 4.78 is 12.6. The van der Waals surface area contributed by atoms with Gasteiger partial charge in [0.15, 0.2) is 0 Å². The van der Waals surface area contributed by atoms with E-state index in [0.717, 1.165) is 31.7 Å².